The van der Waals surface area contributed by atoms with E-state index in [2.05, 4.69) is 80.7 Å². The molecule has 1 aromatic carbocycles. The smallest absolute Gasteiger partial charge is 0.0761 e. The fourth-order valence-electron chi connectivity index (χ4n) is 2.13. The van der Waals surface area contributed by atoms with E-state index in [1.807, 2.05) is 0 Å². The highest BCUT2D eigenvalue weighted by Crippen LogP contribution is 2.39. The maximum Gasteiger partial charge on any atom is 0.0761 e. The first-order chi connectivity index (χ1) is 9.67. The monoisotopic (exact) mass is 433 g/mol. The molecule has 2 aromatic rings. The first-order valence-electron chi connectivity index (χ1n) is 6.48. The standard InChI is InChI=1S/C15H17Br2NS2/c1-3-8-18-14(11-9-13(16)20-15(11)17)10-6-4-5-7-12(10)19-2/h4-7,9,14,18H,3,8H2,1-2H3. The molecule has 1 aromatic heterocycles. The molecule has 0 saturated heterocycles. The Morgan fingerprint density at radius 1 is 1.25 bits per heavy atom. The van der Waals surface area contributed by atoms with Gasteiger partial charge in [0.05, 0.1) is 13.6 Å². The third-order valence-electron chi connectivity index (χ3n) is 3.04. The van der Waals surface area contributed by atoms with Gasteiger partial charge in [-0.3, -0.25) is 0 Å². The van der Waals surface area contributed by atoms with Crippen molar-refractivity contribution in [3.05, 3.63) is 49.0 Å². The number of hydrogen-bond acceptors (Lipinski definition) is 3. The third-order valence-corrected chi connectivity index (χ3v) is 6.24. The van der Waals surface area contributed by atoms with Crippen LogP contribution in [0.2, 0.25) is 0 Å². The number of hydrogen-bond donors (Lipinski definition) is 1. The summed E-state index contributed by atoms with van der Waals surface area (Å²) in [6.45, 7) is 3.20. The second kappa shape index (κ2) is 7.99. The van der Waals surface area contributed by atoms with Crippen LogP contribution >= 0.6 is 55.0 Å². The predicted molar refractivity (Wildman–Crippen MR) is 98.1 cm³/mol. The molecule has 0 aliphatic heterocycles. The van der Waals surface area contributed by atoms with E-state index in [4.69, 9.17) is 0 Å². The van der Waals surface area contributed by atoms with Crippen molar-refractivity contribution >= 4 is 55.0 Å². The Labute approximate surface area is 145 Å². The van der Waals surface area contributed by atoms with E-state index in [-0.39, 0.29) is 6.04 Å². The van der Waals surface area contributed by atoms with Crippen LogP contribution in [0.4, 0.5) is 0 Å². The Kier molecular flexibility index (Phi) is 6.62. The Hall–Kier alpha value is 0.190. The number of halogens is 2. The van der Waals surface area contributed by atoms with Gasteiger partial charge >= 0.3 is 0 Å². The van der Waals surface area contributed by atoms with Crippen LogP contribution in [0.1, 0.15) is 30.5 Å². The summed E-state index contributed by atoms with van der Waals surface area (Å²) in [5, 5.41) is 3.67. The van der Waals surface area contributed by atoms with Gasteiger partial charge in [-0.2, -0.15) is 0 Å². The quantitative estimate of drug-likeness (QED) is 0.552. The van der Waals surface area contributed by atoms with Crippen molar-refractivity contribution in [2.75, 3.05) is 12.8 Å². The molecule has 20 heavy (non-hydrogen) atoms. The van der Waals surface area contributed by atoms with Crippen LogP contribution in [-0.2, 0) is 0 Å². The van der Waals surface area contributed by atoms with Crippen LogP contribution in [0.5, 0.6) is 0 Å². The number of thioether (sulfide) groups is 1. The molecule has 0 radical (unpaired) electrons. The summed E-state index contributed by atoms with van der Waals surface area (Å²) in [7, 11) is 0. The summed E-state index contributed by atoms with van der Waals surface area (Å²) >= 11 is 10.8. The summed E-state index contributed by atoms with van der Waals surface area (Å²) in [6.07, 6.45) is 3.26. The fraction of sp³-hybridized carbons (Fsp3) is 0.333. The van der Waals surface area contributed by atoms with Gasteiger partial charge in [-0.25, -0.2) is 0 Å². The van der Waals surface area contributed by atoms with E-state index in [0.29, 0.717) is 0 Å². The van der Waals surface area contributed by atoms with Crippen molar-refractivity contribution in [1.29, 1.82) is 0 Å². The Morgan fingerprint density at radius 2 is 2.00 bits per heavy atom. The molecule has 1 heterocycles. The summed E-state index contributed by atoms with van der Waals surface area (Å²) in [5.74, 6) is 0. The maximum absolute atomic E-state index is 3.70. The van der Waals surface area contributed by atoms with Gasteiger partial charge in [-0.05, 0) is 74.3 Å². The fourth-order valence-corrected chi connectivity index (χ4v) is 5.67. The molecule has 0 saturated carbocycles. The number of thiophene rings is 1. The predicted octanol–water partition coefficient (Wildman–Crippen LogP) is 6.08. The van der Waals surface area contributed by atoms with Gasteiger partial charge in [0.1, 0.15) is 0 Å². The zero-order valence-corrected chi connectivity index (χ0v) is 16.3. The lowest BCUT2D eigenvalue weighted by atomic mass is 10.0. The molecule has 0 bridgehead atoms. The summed E-state index contributed by atoms with van der Waals surface area (Å²) in [5.41, 5.74) is 2.65. The van der Waals surface area contributed by atoms with E-state index >= 15 is 0 Å². The minimum atomic E-state index is 0.232. The van der Waals surface area contributed by atoms with Crippen molar-refractivity contribution < 1.29 is 0 Å². The molecule has 0 aliphatic carbocycles. The van der Waals surface area contributed by atoms with Crippen LogP contribution in [0, 0.1) is 0 Å². The van der Waals surface area contributed by atoms with Crippen molar-refractivity contribution in [2.24, 2.45) is 0 Å². The van der Waals surface area contributed by atoms with Gasteiger partial charge in [-0.15, -0.1) is 23.1 Å². The van der Waals surface area contributed by atoms with Gasteiger partial charge in [-0.1, -0.05) is 25.1 Å². The maximum atomic E-state index is 3.70. The molecule has 2 rings (SSSR count). The number of nitrogens with one attached hydrogen (secondary N) is 1. The zero-order chi connectivity index (χ0) is 14.5. The molecular weight excluding hydrogens is 418 g/mol. The van der Waals surface area contributed by atoms with E-state index in [9.17, 15) is 0 Å². The summed E-state index contributed by atoms with van der Waals surface area (Å²) in [4.78, 5) is 1.33. The molecule has 0 aliphatic rings. The molecule has 1 N–H and O–H groups in total. The van der Waals surface area contributed by atoms with Crippen molar-refractivity contribution in [3.8, 4) is 0 Å². The van der Waals surface area contributed by atoms with E-state index in [1.54, 1.807) is 23.1 Å². The normalized spacial score (nSPS) is 12.6. The lowest BCUT2D eigenvalue weighted by molar-refractivity contribution is 0.592. The van der Waals surface area contributed by atoms with Crippen LogP contribution in [0.25, 0.3) is 0 Å². The topological polar surface area (TPSA) is 12.0 Å². The average Bonchev–Trinajstić information content (AvgIpc) is 2.79. The number of benzene rings is 1. The first-order valence-corrected chi connectivity index (χ1v) is 10.1. The van der Waals surface area contributed by atoms with Crippen LogP contribution in [0.3, 0.4) is 0 Å². The molecule has 108 valence electrons. The average molecular weight is 435 g/mol. The highest BCUT2D eigenvalue weighted by molar-refractivity contribution is 9.12. The Bertz CT molecular complexity index is 569. The van der Waals surface area contributed by atoms with Crippen LogP contribution in [-0.4, -0.2) is 12.8 Å². The Balaban J connectivity index is 2.44. The minimum absolute atomic E-state index is 0.232. The SMILES string of the molecule is CCCNC(c1ccccc1SC)c1cc(Br)sc1Br. The summed E-state index contributed by atoms with van der Waals surface area (Å²) in [6, 6.07) is 11.1. The van der Waals surface area contributed by atoms with Crippen molar-refractivity contribution in [3.63, 3.8) is 0 Å². The lowest BCUT2D eigenvalue weighted by Gasteiger charge is -2.21. The highest BCUT2D eigenvalue weighted by atomic mass is 79.9. The molecule has 0 fully saturated rings. The molecular formula is C15H17Br2NS2. The minimum Gasteiger partial charge on any atom is -0.306 e. The van der Waals surface area contributed by atoms with Crippen molar-refractivity contribution in [1.82, 2.24) is 5.32 Å². The molecule has 5 heteroatoms. The molecule has 0 spiro atoms. The van der Waals surface area contributed by atoms with Gasteiger partial charge < -0.3 is 5.32 Å². The van der Waals surface area contributed by atoms with Gasteiger partial charge in [0.2, 0.25) is 0 Å². The van der Waals surface area contributed by atoms with Crippen LogP contribution in [0.15, 0.2) is 42.8 Å². The largest absolute Gasteiger partial charge is 0.306 e. The third kappa shape index (κ3) is 3.89. The Morgan fingerprint density at radius 3 is 2.60 bits per heavy atom. The second-order valence-corrected chi connectivity index (χ2v) is 9.01. The molecule has 1 nitrogen and oxygen atoms in total. The number of rotatable bonds is 6. The van der Waals surface area contributed by atoms with Gasteiger partial charge in [0.25, 0.3) is 0 Å². The second-order valence-electron chi connectivity index (χ2n) is 4.41. The molecule has 0 amide bonds. The van der Waals surface area contributed by atoms with Crippen molar-refractivity contribution in [2.45, 2.75) is 24.3 Å². The lowest BCUT2D eigenvalue weighted by Crippen LogP contribution is -2.23. The van der Waals surface area contributed by atoms with Crippen LogP contribution < -0.4 is 5.32 Å². The zero-order valence-electron chi connectivity index (χ0n) is 11.5. The van der Waals surface area contributed by atoms with Gasteiger partial charge in [0, 0.05) is 4.90 Å². The van der Waals surface area contributed by atoms with E-state index < -0.39 is 0 Å². The van der Waals surface area contributed by atoms with E-state index in [0.717, 1.165) is 16.8 Å². The first kappa shape index (κ1) is 16.6. The highest BCUT2D eigenvalue weighted by Gasteiger charge is 2.20. The summed E-state index contributed by atoms with van der Waals surface area (Å²) < 4.78 is 2.35. The molecule has 1 unspecified atom stereocenters. The van der Waals surface area contributed by atoms with E-state index in [1.165, 1.54) is 19.8 Å². The molecule has 1 atom stereocenters. The van der Waals surface area contributed by atoms with Gasteiger partial charge in [0.15, 0.2) is 0 Å².